The summed E-state index contributed by atoms with van der Waals surface area (Å²) in [6, 6.07) is 4.07. The van der Waals surface area contributed by atoms with E-state index in [-0.39, 0.29) is 0 Å². The van der Waals surface area contributed by atoms with E-state index in [1.165, 1.54) is 12.8 Å². The summed E-state index contributed by atoms with van der Waals surface area (Å²) in [5.74, 6) is 2.43. The molecule has 1 aliphatic rings. The minimum Gasteiger partial charge on any atom is -0.493 e. The van der Waals surface area contributed by atoms with Crippen molar-refractivity contribution in [2.75, 3.05) is 33.4 Å². The smallest absolute Gasteiger partial charge is 0.165 e. The normalized spacial score (nSPS) is 15.8. The number of piperidine rings is 1. The highest BCUT2D eigenvalue weighted by Gasteiger charge is 2.15. The van der Waals surface area contributed by atoms with Gasteiger partial charge >= 0.3 is 0 Å². The van der Waals surface area contributed by atoms with Crippen LogP contribution < -0.4 is 20.1 Å². The lowest BCUT2D eigenvalue weighted by Crippen LogP contribution is -2.33. The first-order valence-electron chi connectivity index (χ1n) is 8.15. The summed E-state index contributed by atoms with van der Waals surface area (Å²) in [5.41, 5.74) is 1.15. The molecule has 1 heterocycles. The number of hydrogen-bond acceptors (Lipinski definition) is 4. The molecule has 1 fully saturated rings. The van der Waals surface area contributed by atoms with Crippen LogP contribution in [0.1, 0.15) is 31.7 Å². The lowest BCUT2D eigenvalue weighted by atomic mass is 9.98. The number of nitrogens with one attached hydrogen (secondary N) is 2. The molecule has 0 saturated carbocycles. The van der Waals surface area contributed by atoms with Crippen LogP contribution in [0.3, 0.4) is 0 Å². The van der Waals surface area contributed by atoms with Gasteiger partial charge in [0.25, 0.3) is 0 Å². The van der Waals surface area contributed by atoms with Crippen molar-refractivity contribution in [2.24, 2.45) is 5.92 Å². The van der Waals surface area contributed by atoms with Crippen molar-refractivity contribution < 1.29 is 9.47 Å². The summed E-state index contributed by atoms with van der Waals surface area (Å²) in [5, 5.41) is 6.99. The van der Waals surface area contributed by atoms with Crippen LogP contribution in [0.15, 0.2) is 16.6 Å². The summed E-state index contributed by atoms with van der Waals surface area (Å²) in [7, 11) is 1.69. The van der Waals surface area contributed by atoms with Gasteiger partial charge in [0.2, 0.25) is 0 Å². The summed E-state index contributed by atoms with van der Waals surface area (Å²) >= 11 is 3.55. The maximum absolute atomic E-state index is 5.91. The van der Waals surface area contributed by atoms with Crippen molar-refractivity contribution in [3.05, 3.63) is 22.2 Å². The molecule has 0 radical (unpaired) electrons. The molecule has 0 unspecified atom stereocenters. The SMILES string of the molecule is CCCOc1c(CNCC2CCNCC2)cc(Br)cc1OC. The summed E-state index contributed by atoms with van der Waals surface area (Å²) in [4.78, 5) is 0. The highest BCUT2D eigenvalue weighted by Crippen LogP contribution is 2.35. The Kier molecular flexibility index (Phi) is 7.49. The molecule has 5 heteroatoms. The zero-order chi connectivity index (χ0) is 15.8. The van der Waals surface area contributed by atoms with Crippen LogP contribution in [0.2, 0.25) is 0 Å². The van der Waals surface area contributed by atoms with Crippen molar-refractivity contribution in [1.29, 1.82) is 0 Å². The second-order valence-electron chi connectivity index (χ2n) is 5.77. The van der Waals surface area contributed by atoms with Gasteiger partial charge in [-0.2, -0.15) is 0 Å². The van der Waals surface area contributed by atoms with Gasteiger partial charge in [0.1, 0.15) is 0 Å². The Bertz CT molecular complexity index is 462. The minimum atomic E-state index is 0.708. The van der Waals surface area contributed by atoms with Crippen LogP contribution in [0, 0.1) is 5.92 Å². The van der Waals surface area contributed by atoms with E-state index in [0.717, 1.165) is 60.1 Å². The average molecular weight is 371 g/mol. The third-order valence-corrected chi connectivity index (χ3v) is 4.43. The molecule has 1 saturated heterocycles. The highest BCUT2D eigenvalue weighted by molar-refractivity contribution is 9.10. The predicted molar refractivity (Wildman–Crippen MR) is 93.8 cm³/mol. The zero-order valence-electron chi connectivity index (χ0n) is 13.6. The van der Waals surface area contributed by atoms with Gasteiger partial charge in [-0.3, -0.25) is 0 Å². The minimum absolute atomic E-state index is 0.708. The predicted octanol–water partition coefficient (Wildman–Crippen LogP) is 3.34. The summed E-state index contributed by atoms with van der Waals surface area (Å²) in [6.45, 7) is 6.96. The Balaban J connectivity index is 1.99. The first kappa shape index (κ1) is 17.6. The number of benzene rings is 1. The second-order valence-corrected chi connectivity index (χ2v) is 6.68. The quantitative estimate of drug-likeness (QED) is 0.736. The van der Waals surface area contributed by atoms with Gasteiger partial charge in [0.05, 0.1) is 13.7 Å². The van der Waals surface area contributed by atoms with Crippen molar-refractivity contribution in [3.8, 4) is 11.5 Å². The van der Waals surface area contributed by atoms with Gasteiger partial charge in [-0.1, -0.05) is 22.9 Å². The number of rotatable bonds is 8. The van der Waals surface area contributed by atoms with Crippen molar-refractivity contribution in [1.82, 2.24) is 10.6 Å². The van der Waals surface area contributed by atoms with Gasteiger partial charge in [-0.15, -0.1) is 0 Å². The van der Waals surface area contributed by atoms with Gasteiger partial charge in [0, 0.05) is 16.6 Å². The molecular formula is C17H27BrN2O2. The first-order chi connectivity index (χ1) is 10.7. The van der Waals surface area contributed by atoms with Crippen LogP contribution in [0.25, 0.3) is 0 Å². The Morgan fingerprint density at radius 2 is 2.09 bits per heavy atom. The summed E-state index contributed by atoms with van der Waals surface area (Å²) < 4.78 is 12.4. The maximum Gasteiger partial charge on any atom is 0.165 e. The Hall–Kier alpha value is -0.780. The van der Waals surface area contributed by atoms with Gasteiger partial charge in [-0.25, -0.2) is 0 Å². The van der Waals surface area contributed by atoms with E-state index in [1.54, 1.807) is 7.11 Å². The van der Waals surface area contributed by atoms with Gasteiger partial charge in [-0.05, 0) is 56.9 Å². The van der Waals surface area contributed by atoms with Crippen molar-refractivity contribution in [2.45, 2.75) is 32.7 Å². The molecule has 0 aliphatic carbocycles. The molecule has 2 N–H and O–H groups in total. The number of methoxy groups -OCH3 is 1. The topological polar surface area (TPSA) is 42.5 Å². The molecule has 4 nitrogen and oxygen atoms in total. The molecule has 1 aromatic rings. The van der Waals surface area contributed by atoms with Gasteiger partial charge in [0.15, 0.2) is 11.5 Å². The monoisotopic (exact) mass is 370 g/mol. The lowest BCUT2D eigenvalue weighted by Gasteiger charge is -2.23. The molecule has 1 aliphatic heterocycles. The van der Waals surface area contributed by atoms with Gasteiger partial charge < -0.3 is 20.1 Å². The van der Waals surface area contributed by atoms with E-state index in [4.69, 9.17) is 9.47 Å². The van der Waals surface area contributed by atoms with E-state index >= 15 is 0 Å². The molecule has 124 valence electrons. The zero-order valence-corrected chi connectivity index (χ0v) is 15.2. The average Bonchev–Trinajstić information content (AvgIpc) is 2.54. The Morgan fingerprint density at radius 1 is 1.32 bits per heavy atom. The van der Waals surface area contributed by atoms with E-state index in [9.17, 15) is 0 Å². The fourth-order valence-electron chi connectivity index (χ4n) is 2.77. The van der Waals surface area contributed by atoms with E-state index < -0.39 is 0 Å². The first-order valence-corrected chi connectivity index (χ1v) is 8.94. The fourth-order valence-corrected chi connectivity index (χ4v) is 3.25. The standard InChI is InChI=1S/C17H27BrN2O2/c1-3-8-22-17-14(9-15(18)10-16(17)21-2)12-20-11-13-4-6-19-7-5-13/h9-10,13,19-20H,3-8,11-12H2,1-2H3. The molecule has 0 atom stereocenters. The maximum atomic E-state index is 5.91. The van der Waals surface area contributed by atoms with Crippen LogP contribution in [0.5, 0.6) is 11.5 Å². The third kappa shape index (κ3) is 5.14. The van der Waals surface area contributed by atoms with Crippen molar-refractivity contribution in [3.63, 3.8) is 0 Å². The fraction of sp³-hybridized carbons (Fsp3) is 0.647. The second kappa shape index (κ2) is 9.38. The highest BCUT2D eigenvalue weighted by atomic mass is 79.9. The molecule has 0 amide bonds. The number of ether oxygens (including phenoxy) is 2. The molecule has 22 heavy (non-hydrogen) atoms. The van der Waals surface area contributed by atoms with E-state index in [2.05, 4.69) is 39.6 Å². The van der Waals surface area contributed by atoms with E-state index in [0.29, 0.717) is 6.61 Å². The summed E-state index contributed by atoms with van der Waals surface area (Å²) in [6.07, 6.45) is 3.50. The number of hydrogen-bond donors (Lipinski definition) is 2. The van der Waals surface area contributed by atoms with Crippen LogP contribution >= 0.6 is 15.9 Å². The molecular weight excluding hydrogens is 344 g/mol. The Morgan fingerprint density at radius 3 is 2.77 bits per heavy atom. The van der Waals surface area contributed by atoms with Crippen molar-refractivity contribution >= 4 is 15.9 Å². The van der Waals surface area contributed by atoms with Crippen LogP contribution in [0.4, 0.5) is 0 Å². The molecule has 0 spiro atoms. The Labute approximate surface area is 142 Å². The molecule has 2 rings (SSSR count). The lowest BCUT2D eigenvalue weighted by molar-refractivity contribution is 0.289. The molecule has 0 bridgehead atoms. The molecule has 1 aromatic carbocycles. The van der Waals surface area contributed by atoms with Crippen LogP contribution in [-0.2, 0) is 6.54 Å². The van der Waals surface area contributed by atoms with Crippen LogP contribution in [-0.4, -0.2) is 33.4 Å². The molecule has 0 aromatic heterocycles. The largest absolute Gasteiger partial charge is 0.493 e. The third-order valence-electron chi connectivity index (χ3n) is 3.97. The number of halogens is 1. The van der Waals surface area contributed by atoms with E-state index in [1.807, 2.05) is 6.07 Å².